The molecule has 0 aliphatic heterocycles. The van der Waals surface area contributed by atoms with Gasteiger partial charge in [-0.3, -0.25) is 13.6 Å². The Labute approximate surface area is 237 Å². The minimum atomic E-state index is -3.80. The standard InChI is InChI=1S/C29H42N3O7P/c1-7-10-22-13-17-24(18-14-22)31-32-25-19-15-23(16-20-25)11-8-9-12-27(33)26(21-38-40(35,36-5)37-6)30-28(34)39-29(2,3)4/h9,12-20,26-27,33H,7-8,10-11,21H2,1-6H3,(H,30,34)/b12-9+,32-31?/t26-,27+/m0/s1. The molecule has 2 atom stereocenters. The predicted octanol–water partition coefficient (Wildman–Crippen LogP) is 7.22. The van der Waals surface area contributed by atoms with Crippen LogP contribution in [-0.2, 0) is 35.7 Å². The Bertz CT molecular complexity index is 1140. The van der Waals surface area contributed by atoms with E-state index in [-0.39, 0.29) is 6.61 Å². The Morgan fingerprint density at radius 3 is 1.98 bits per heavy atom. The lowest BCUT2D eigenvalue weighted by Gasteiger charge is -2.26. The number of nitrogens with one attached hydrogen (secondary N) is 1. The maximum absolute atomic E-state index is 12.3. The molecular formula is C29H42N3O7P. The zero-order valence-corrected chi connectivity index (χ0v) is 25.1. The van der Waals surface area contributed by atoms with E-state index in [0.717, 1.165) is 36.2 Å². The lowest BCUT2D eigenvalue weighted by molar-refractivity contribution is 0.0389. The fourth-order valence-corrected chi connectivity index (χ4v) is 4.22. The molecule has 0 unspecified atom stereocenters. The van der Waals surface area contributed by atoms with E-state index in [2.05, 4.69) is 34.6 Å². The molecule has 0 aliphatic rings. The number of aryl methyl sites for hydroxylation is 2. The van der Waals surface area contributed by atoms with E-state index in [4.69, 9.17) is 18.3 Å². The number of phosphoric acid groups is 1. The maximum Gasteiger partial charge on any atom is 0.474 e. The topological polar surface area (TPSA) is 128 Å². The molecule has 0 aromatic heterocycles. The summed E-state index contributed by atoms with van der Waals surface area (Å²) in [5.74, 6) is 0. The molecule has 40 heavy (non-hydrogen) atoms. The average Bonchev–Trinajstić information content (AvgIpc) is 2.92. The molecule has 220 valence electrons. The summed E-state index contributed by atoms with van der Waals surface area (Å²) in [7, 11) is -1.45. The molecule has 0 spiro atoms. The van der Waals surface area contributed by atoms with Crippen molar-refractivity contribution in [3.05, 3.63) is 71.8 Å². The molecule has 2 aromatic carbocycles. The summed E-state index contributed by atoms with van der Waals surface area (Å²) in [4.78, 5) is 12.3. The van der Waals surface area contributed by atoms with Crippen molar-refractivity contribution in [2.24, 2.45) is 10.2 Å². The first-order chi connectivity index (χ1) is 19.0. The Morgan fingerprint density at radius 1 is 0.975 bits per heavy atom. The van der Waals surface area contributed by atoms with Crippen molar-refractivity contribution in [1.82, 2.24) is 5.32 Å². The summed E-state index contributed by atoms with van der Waals surface area (Å²) in [5, 5.41) is 21.9. The first-order valence-electron chi connectivity index (χ1n) is 13.3. The summed E-state index contributed by atoms with van der Waals surface area (Å²) in [6.07, 6.45) is 4.98. The third-order valence-corrected chi connectivity index (χ3v) is 6.96. The van der Waals surface area contributed by atoms with Gasteiger partial charge in [-0.2, -0.15) is 10.2 Å². The van der Waals surface area contributed by atoms with E-state index in [9.17, 15) is 14.5 Å². The number of carbonyl (C=O) groups is 1. The van der Waals surface area contributed by atoms with Gasteiger partial charge in [-0.25, -0.2) is 9.36 Å². The highest BCUT2D eigenvalue weighted by atomic mass is 31.2. The molecule has 0 heterocycles. The van der Waals surface area contributed by atoms with Crippen LogP contribution < -0.4 is 5.32 Å². The first-order valence-corrected chi connectivity index (χ1v) is 14.7. The highest BCUT2D eigenvalue weighted by molar-refractivity contribution is 7.48. The van der Waals surface area contributed by atoms with Crippen LogP contribution in [0, 0.1) is 0 Å². The maximum atomic E-state index is 12.3. The summed E-state index contributed by atoms with van der Waals surface area (Å²) < 4.78 is 32.3. The van der Waals surface area contributed by atoms with Crippen molar-refractivity contribution in [3.63, 3.8) is 0 Å². The second-order valence-corrected chi connectivity index (χ2v) is 12.0. The molecule has 0 saturated carbocycles. The predicted molar refractivity (Wildman–Crippen MR) is 155 cm³/mol. The van der Waals surface area contributed by atoms with Gasteiger partial charge in [0.05, 0.1) is 30.1 Å². The van der Waals surface area contributed by atoms with E-state index in [1.54, 1.807) is 32.9 Å². The summed E-state index contributed by atoms with van der Waals surface area (Å²) in [5.41, 5.74) is 3.22. The molecule has 2 rings (SSSR count). The molecular weight excluding hydrogens is 533 g/mol. The van der Waals surface area contributed by atoms with Gasteiger partial charge in [0.2, 0.25) is 0 Å². The van der Waals surface area contributed by atoms with E-state index >= 15 is 0 Å². The number of azo groups is 1. The van der Waals surface area contributed by atoms with Gasteiger partial charge in [0, 0.05) is 14.2 Å². The first kappa shape index (κ1) is 33.3. The number of aliphatic hydroxyl groups is 1. The highest BCUT2D eigenvalue weighted by Crippen LogP contribution is 2.47. The Morgan fingerprint density at radius 2 is 1.50 bits per heavy atom. The van der Waals surface area contributed by atoms with Gasteiger partial charge in [-0.1, -0.05) is 49.8 Å². The molecule has 11 heteroatoms. The third-order valence-electron chi connectivity index (χ3n) is 5.60. The average molecular weight is 576 g/mol. The van der Waals surface area contributed by atoms with Crippen molar-refractivity contribution in [1.29, 1.82) is 0 Å². The van der Waals surface area contributed by atoms with Crippen LogP contribution >= 0.6 is 7.82 Å². The van der Waals surface area contributed by atoms with Gasteiger partial charge >= 0.3 is 13.9 Å². The number of ether oxygens (including phenoxy) is 1. The molecule has 0 saturated heterocycles. The largest absolute Gasteiger partial charge is 0.474 e. The number of hydrogen-bond acceptors (Lipinski definition) is 9. The number of nitrogens with zero attached hydrogens (tertiary/aromatic N) is 2. The molecule has 0 fully saturated rings. The van der Waals surface area contributed by atoms with Crippen LogP contribution in [0.15, 0.2) is 70.9 Å². The summed E-state index contributed by atoms with van der Waals surface area (Å²) >= 11 is 0. The molecule has 0 radical (unpaired) electrons. The van der Waals surface area contributed by atoms with Gasteiger partial charge in [0.25, 0.3) is 0 Å². The molecule has 2 N–H and O–H groups in total. The Balaban J connectivity index is 1.92. The zero-order valence-electron chi connectivity index (χ0n) is 24.2. The monoisotopic (exact) mass is 575 g/mol. The van der Waals surface area contributed by atoms with Crippen molar-refractivity contribution >= 4 is 25.3 Å². The number of aliphatic hydroxyl groups excluding tert-OH is 1. The highest BCUT2D eigenvalue weighted by Gasteiger charge is 2.29. The van der Waals surface area contributed by atoms with Gasteiger partial charge in [-0.05, 0) is 75.4 Å². The fraction of sp³-hybridized carbons (Fsp3) is 0.483. The number of alkyl carbamates (subject to hydrolysis) is 1. The van der Waals surface area contributed by atoms with Crippen LogP contribution in [0.3, 0.4) is 0 Å². The number of hydrogen-bond donors (Lipinski definition) is 2. The summed E-state index contributed by atoms with van der Waals surface area (Å²) in [6, 6.07) is 14.9. The molecule has 1 amide bonds. The molecule has 2 aromatic rings. The van der Waals surface area contributed by atoms with E-state index in [0.29, 0.717) is 6.42 Å². The number of rotatable bonds is 15. The number of benzene rings is 2. The minimum Gasteiger partial charge on any atom is -0.444 e. The lowest BCUT2D eigenvalue weighted by Crippen LogP contribution is -2.47. The number of phosphoric ester groups is 1. The van der Waals surface area contributed by atoms with Crippen LogP contribution in [0.4, 0.5) is 16.2 Å². The lowest BCUT2D eigenvalue weighted by atomic mass is 10.1. The molecule has 0 bridgehead atoms. The minimum absolute atomic E-state index is 0.331. The number of amides is 1. The third kappa shape index (κ3) is 12.5. The van der Waals surface area contributed by atoms with Gasteiger partial charge in [0.15, 0.2) is 0 Å². The second-order valence-electron chi connectivity index (χ2n) is 10.1. The zero-order chi connectivity index (χ0) is 29.6. The molecule has 10 nitrogen and oxygen atoms in total. The Hall–Kier alpha value is -2.88. The van der Waals surface area contributed by atoms with E-state index in [1.165, 1.54) is 19.8 Å². The fourth-order valence-electron chi connectivity index (χ4n) is 3.52. The van der Waals surface area contributed by atoms with Crippen molar-refractivity contribution in [3.8, 4) is 0 Å². The van der Waals surface area contributed by atoms with Gasteiger partial charge < -0.3 is 15.2 Å². The van der Waals surface area contributed by atoms with Crippen LogP contribution in [0.5, 0.6) is 0 Å². The summed E-state index contributed by atoms with van der Waals surface area (Å²) in [6.45, 7) is 6.99. The molecule has 0 aliphatic carbocycles. The van der Waals surface area contributed by atoms with E-state index < -0.39 is 31.7 Å². The van der Waals surface area contributed by atoms with Crippen molar-refractivity contribution < 1.29 is 32.8 Å². The van der Waals surface area contributed by atoms with Crippen molar-refractivity contribution in [2.75, 3.05) is 20.8 Å². The van der Waals surface area contributed by atoms with Crippen LogP contribution in [0.25, 0.3) is 0 Å². The normalized spacial score (nSPS) is 14.0. The van der Waals surface area contributed by atoms with Gasteiger partial charge in [0.1, 0.15) is 5.60 Å². The SMILES string of the molecule is CCCc1ccc(N=Nc2ccc(CC/C=C/[C@@H](O)[C@H](COP(=O)(OC)OC)NC(=O)OC(C)(C)C)cc2)cc1. The Kier molecular flexibility index (Phi) is 13.7. The number of allylic oxidation sites excluding steroid dienone is 1. The van der Waals surface area contributed by atoms with Crippen LogP contribution in [0.1, 0.15) is 51.7 Å². The van der Waals surface area contributed by atoms with Crippen LogP contribution in [0.2, 0.25) is 0 Å². The smallest absolute Gasteiger partial charge is 0.444 e. The van der Waals surface area contributed by atoms with E-state index in [1.807, 2.05) is 36.4 Å². The quantitative estimate of drug-likeness (QED) is 0.130. The van der Waals surface area contributed by atoms with Gasteiger partial charge in [-0.15, -0.1) is 0 Å². The number of carbonyl (C=O) groups excluding carboxylic acids is 1. The van der Waals surface area contributed by atoms with Crippen molar-refractivity contribution in [2.45, 2.75) is 71.1 Å². The van der Waals surface area contributed by atoms with Crippen LogP contribution in [-0.4, -0.2) is 49.8 Å². The second kappa shape index (κ2) is 16.4.